The number of carbonyl (C=O) groups excluding carboxylic acids is 2. The minimum atomic E-state index is -0.328. The van der Waals surface area contributed by atoms with Crippen molar-refractivity contribution in [3.63, 3.8) is 0 Å². The van der Waals surface area contributed by atoms with Crippen LogP contribution in [0, 0.1) is 11.3 Å². The summed E-state index contributed by atoms with van der Waals surface area (Å²) in [5.74, 6) is 0.409. The van der Waals surface area contributed by atoms with Crippen molar-refractivity contribution in [1.29, 1.82) is 0 Å². The Labute approximate surface area is 222 Å². The smallest absolute Gasteiger partial charge is 0.270 e. The number of nitrogens with zero attached hydrogens (tertiary/aromatic N) is 4. The van der Waals surface area contributed by atoms with Crippen LogP contribution in [-0.2, 0) is 11.3 Å². The monoisotopic (exact) mass is 520 g/mol. The lowest BCUT2D eigenvalue weighted by molar-refractivity contribution is -0.130. The zero-order valence-electron chi connectivity index (χ0n) is 21.4. The number of carbonyl (C=O) groups is 2. The Morgan fingerprint density at radius 3 is 2.46 bits per heavy atom. The van der Waals surface area contributed by atoms with E-state index in [-0.39, 0.29) is 29.2 Å². The van der Waals surface area contributed by atoms with Gasteiger partial charge in [-0.2, -0.15) is 5.21 Å². The summed E-state index contributed by atoms with van der Waals surface area (Å²) in [6.45, 7) is 7.36. The fraction of sp³-hybridized carbons (Fsp3) is 0.393. The molecule has 37 heavy (non-hydrogen) atoms. The Morgan fingerprint density at radius 1 is 1.11 bits per heavy atom. The molecule has 194 valence electrons. The number of H-pyrrole nitrogens is 1. The molecule has 1 saturated carbocycles. The molecule has 8 nitrogen and oxygen atoms in total. The third kappa shape index (κ3) is 7.26. The van der Waals surface area contributed by atoms with Gasteiger partial charge < -0.3 is 4.90 Å². The summed E-state index contributed by atoms with van der Waals surface area (Å²) in [7, 11) is 0. The fourth-order valence-corrected chi connectivity index (χ4v) is 5.06. The van der Waals surface area contributed by atoms with Crippen LogP contribution in [0.25, 0.3) is 6.08 Å². The fourth-order valence-electron chi connectivity index (χ4n) is 4.86. The van der Waals surface area contributed by atoms with E-state index < -0.39 is 0 Å². The normalized spacial score (nSPS) is 18.1. The van der Waals surface area contributed by atoms with Crippen molar-refractivity contribution in [2.75, 3.05) is 5.32 Å². The van der Waals surface area contributed by atoms with Gasteiger partial charge in [-0.3, -0.25) is 14.9 Å². The van der Waals surface area contributed by atoms with Crippen molar-refractivity contribution >= 4 is 35.4 Å². The quantitative estimate of drug-likeness (QED) is 0.386. The number of aromatic nitrogens is 4. The van der Waals surface area contributed by atoms with E-state index in [1.165, 1.54) is 0 Å². The number of halogens is 1. The van der Waals surface area contributed by atoms with Gasteiger partial charge >= 0.3 is 0 Å². The molecule has 0 atom stereocenters. The standard InChI is InChI=1S/C28H33ClN6O2/c1-28(2,3)22-12-14-24(15-13-22)35(25(36)16-9-19-5-4-6-23(29)17-19)18-20-7-10-21(11-8-20)26(37)30-27-31-33-34-32-27/h4-11,16-17,22,24H,12-15,18H2,1-3H3,(H2,30,31,32,33,34,37). The number of nitrogens with one attached hydrogen (secondary N) is 2. The molecule has 4 rings (SSSR count). The molecular formula is C28H33ClN6O2. The molecule has 3 aromatic rings. The Morgan fingerprint density at radius 2 is 1.84 bits per heavy atom. The summed E-state index contributed by atoms with van der Waals surface area (Å²) in [4.78, 5) is 27.9. The summed E-state index contributed by atoms with van der Waals surface area (Å²) in [5, 5.41) is 16.4. The van der Waals surface area contributed by atoms with Gasteiger partial charge in [-0.1, -0.05) is 61.7 Å². The van der Waals surface area contributed by atoms with E-state index in [2.05, 4.69) is 46.7 Å². The van der Waals surface area contributed by atoms with Gasteiger partial charge in [-0.05, 0) is 83.7 Å². The number of benzene rings is 2. The number of hydrogen-bond acceptors (Lipinski definition) is 5. The van der Waals surface area contributed by atoms with E-state index in [0.717, 1.165) is 36.8 Å². The van der Waals surface area contributed by atoms with Crippen LogP contribution < -0.4 is 5.32 Å². The number of rotatable bonds is 7. The van der Waals surface area contributed by atoms with Crippen LogP contribution in [0.3, 0.4) is 0 Å². The first kappa shape index (κ1) is 26.5. The van der Waals surface area contributed by atoms with E-state index in [1.54, 1.807) is 18.2 Å². The maximum Gasteiger partial charge on any atom is 0.270 e. The van der Waals surface area contributed by atoms with Crippen LogP contribution in [0.5, 0.6) is 0 Å². The van der Waals surface area contributed by atoms with Crippen LogP contribution in [0.1, 0.15) is 67.9 Å². The van der Waals surface area contributed by atoms with Crippen molar-refractivity contribution in [2.45, 2.75) is 59.0 Å². The minimum Gasteiger partial charge on any atom is -0.332 e. The van der Waals surface area contributed by atoms with Gasteiger partial charge in [0.15, 0.2) is 0 Å². The van der Waals surface area contributed by atoms with Crippen LogP contribution in [0.15, 0.2) is 54.6 Å². The Balaban J connectivity index is 1.48. The van der Waals surface area contributed by atoms with E-state index in [9.17, 15) is 9.59 Å². The highest BCUT2D eigenvalue weighted by molar-refractivity contribution is 6.30. The lowest BCUT2D eigenvalue weighted by Crippen LogP contribution is -2.42. The largest absolute Gasteiger partial charge is 0.332 e. The van der Waals surface area contributed by atoms with E-state index in [4.69, 9.17) is 11.6 Å². The van der Waals surface area contributed by atoms with Crippen LogP contribution in [-0.4, -0.2) is 43.4 Å². The number of hydrogen-bond donors (Lipinski definition) is 2. The Hall–Kier alpha value is -3.52. The van der Waals surface area contributed by atoms with Crippen LogP contribution in [0.2, 0.25) is 5.02 Å². The highest BCUT2D eigenvalue weighted by Gasteiger charge is 2.33. The molecule has 1 aliphatic rings. The zero-order valence-corrected chi connectivity index (χ0v) is 22.2. The molecule has 0 radical (unpaired) electrons. The lowest BCUT2D eigenvalue weighted by Gasteiger charge is -2.41. The maximum atomic E-state index is 13.5. The first-order valence-corrected chi connectivity index (χ1v) is 12.9. The zero-order chi connectivity index (χ0) is 26.4. The number of aromatic amines is 1. The highest BCUT2D eigenvalue weighted by atomic mass is 35.5. The average molecular weight is 521 g/mol. The van der Waals surface area contributed by atoms with E-state index >= 15 is 0 Å². The number of amides is 2. The van der Waals surface area contributed by atoms with E-state index in [1.807, 2.05) is 47.4 Å². The molecule has 0 spiro atoms. The second-order valence-electron chi connectivity index (χ2n) is 10.6. The molecular weight excluding hydrogens is 488 g/mol. The molecule has 1 fully saturated rings. The molecule has 2 aromatic carbocycles. The third-order valence-electron chi connectivity index (χ3n) is 7.05. The molecule has 0 saturated heterocycles. The third-order valence-corrected chi connectivity index (χ3v) is 7.29. The second kappa shape index (κ2) is 11.7. The van der Waals surface area contributed by atoms with Crippen molar-refractivity contribution < 1.29 is 9.59 Å². The molecule has 2 N–H and O–H groups in total. The SMILES string of the molecule is CC(C)(C)C1CCC(N(Cc2ccc(C(=O)Nc3nn[nH]n3)cc2)C(=O)C=Cc2cccc(Cl)c2)CC1. The molecule has 9 heteroatoms. The van der Waals surface area contributed by atoms with Crippen LogP contribution in [0.4, 0.5) is 5.95 Å². The van der Waals surface area contributed by atoms with Crippen LogP contribution >= 0.6 is 11.6 Å². The van der Waals surface area contributed by atoms with Gasteiger partial charge in [-0.15, -0.1) is 5.10 Å². The first-order valence-electron chi connectivity index (χ1n) is 12.6. The average Bonchev–Trinajstić information content (AvgIpc) is 3.39. The van der Waals surface area contributed by atoms with Crippen molar-refractivity contribution in [1.82, 2.24) is 25.5 Å². The highest BCUT2D eigenvalue weighted by Crippen LogP contribution is 2.39. The Kier molecular flexibility index (Phi) is 8.38. The number of anilines is 1. The summed E-state index contributed by atoms with van der Waals surface area (Å²) in [5.41, 5.74) is 2.58. The van der Waals surface area contributed by atoms with Crippen molar-refractivity contribution in [3.8, 4) is 0 Å². The molecule has 1 aliphatic carbocycles. The minimum absolute atomic E-state index is 0.0295. The number of tetrazole rings is 1. The van der Waals surface area contributed by atoms with Crippen molar-refractivity contribution in [3.05, 3.63) is 76.3 Å². The van der Waals surface area contributed by atoms with Gasteiger partial charge in [0.1, 0.15) is 0 Å². The van der Waals surface area contributed by atoms with Gasteiger partial charge in [-0.25, -0.2) is 0 Å². The summed E-state index contributed by atoms with van der Waals surface area (Å²) in [6.07, 6.45) is 7.60. The summed E-state index contributed by atoms with van der Waals surface area (Å²) in [6, 6.07) is 14.9. The molecule has 1 heterocycles. The summed E-state index contributed by atoms with van der Waals surface area (Å²) < 4.78 is 0. The molecule has 0 aliphatic heterocycles. The maximum absolute atomic E-state index is 13.5. The van der Waals surface area contributed by atoms with E-state index in [0.29, 0.717) is 23.0 Å². The summed E-state index contributed by atoms with van der Waals surface area (Å²) >= 11 is 6.11. The molecule has 1 aromatic heterocycles. The first-order chi connectivity index (χ1) is 17.7. The predicted molar refractivity (Wildman–Crippen MR) is 145 cm³/mol. The topological polar surface area (TPSA) is 104 Å². The van der Waals surface area contributed by atoms with Gasteiger partial charge in [0, 0.05) is 29.2 Å². The molecule has 2 amide bonds. The molecule has 0 unspecified atom stereocenters. The predicted octanol–water partition coefficient (Wildman–Crippen LogP) is 5.75. The lowest BCUT2D eigenvalue weighted by atomic mass is 9.71. The van der Waals surface area contributed by atoms with Gasteiger partial charge in [0.25, 0.3) is 11.9 Å². The Bertz CT molecular complexity index is 1230. The second-order valence-corrected chi connectivity index (χ2v) is 11.0. The van der Waals surface area contributed by atoms with Gasteiger partial charge in [0.05, 0.1) is 0 Å². The molecule has 0 bridgehead atoms. The van der Waals surface area contributed by atoms with Gasteiger partial charge in [0.2, 0.25) is 5.91 Å². The van der Waals surface area contributed by atoms with Crippen molar-refractivity contribution in [2.24, 2.45) is 11.3 Å².